The number of aliphatic carboxylic acids is 1. The van der Waals surface area contributed by atoms with Crippen LogP contribution in [0.2, 0.25) is 0 Å². The number of carbonyl (C=O) groups excluding carboxylic acids is 1. The summed E-state index contributed by atoms with van der Waals surface area (Å²) >= 11 is 0. The third-order valence-electron chi connectivity index (χ3n) is 4.39. The normalized spacial score (nSPS) is 25.1. The Morgan fingerprint density at radius 2 is 2.10 bits per heavy atom. The predicted molar refractivity (Wildman–Crippen MR) is 83.2 cm³/mol. The van der Waals surface area contributed by atoms with Gasteiger partial charge in [0.15, 0.2) is 0 Å². The molecule has 1 saturated carbocycles. The van der Waals surface area contributed by atoms with Crippen LogP contribution in [0, 0.1) is 5.92 Å². The van der Waals surface area contributed by atoms with E-state index >= 15 is 0 Å². The summed E-state index contributed by atoms with van der Waals surface area (Å²) < 4.78 is 0. The number of amides is 2. The molecule has 1 aliphatic rings. The van der Waals surface area contributed by atoms with Crippen molar-refractivity contribution in [3.63, 3.8) is 0 Å². The van der Waals surface area contributed by atoms with Crippen molar-refractivity contribution in [1.29, 1.82) is 0 Å². The molecule has 0 aromatic rings. The lowest BCUT2D eigenvalue weighted by Gasteiger charge is -2.39. The number of urea groups is 1. The molecule has 5 nitrogen and oxygen atoms in total. The molecular weight excluding hydrogens is 268 g/mol. The van der Waals surface area contributed by atoms with Crippen molar-refractivity contribution < 1.29 is 14.7 Å². The fourth-order valence-electron chi connectivity index (χ4n) is 2.94. The molecule has 1 aliphatic carbocycles. The van der Waals surface area contributed by atoms with Crippen molar-refractivity contribution >= 4 is 12.0 Å². The van der Waals surface area contributed by atoms with E-state index in [0.29, 0.717) is 13.0 Å². The van der Waals surface area contributed by atoms with Crippen LogP contribution in [0.25, 0.3) is 0 Å². The number of allylic oxidation sites excluding steroid dienone is 1. The van der Waals surface area contributed by atoms with Crippen LogP contribution in [0.4, 0.5) is 4.79 Å². The van der Waals surface area contributed by atoms with Gasteiger partial charge in [-0.2, -0.15) is 0 Å². The minimum absolute atomic E-state index is 0.0397. The second kappa shape index (κ2) is 8.70. The lowest BCUT2D eigenvalue weighted by atomic mass is 9.73. The second-order valence-electron chi connectivity index (χ2n) is 5.94. The van der Waals surface area contributed by atoms with E-state index in [1.54, 1.807) is 0 Å². The Balaban J connectivity index is 2.39. The molecule has 0 aliphatic heterocycles. The molecule has 0 aromatic heterocycles. The number of carboxylic acid groups (broad SMARTS) is 1. The van der Waals surface area contributed by atoms with Gasteiger partial charge in [0, 0.05) is 6.54 Å². The summed E-state index contributed by atoms with van der Waals surface area (Å²) in [4.78, 5) is 23.6. The van der Waals surface area contributed by atoms with Crippen LogP contribution in [-0.4, -0.2) is 29.2 Å². The highest BCUT2D eigenvalue weighted by Gasteiger charge is 2.46. The number of hydrogen-bond donors (Lipinski definition) is 3. The summed E-state index contributed by atoms with van der Waals surface area (Å²) in [5, 5.41) is 15.0. The van der Waals surface area contributed by atoms with Crippen molar-refractivity contribution in [1.82, 2.24) is 10.6 Å². The molecule has 5 heteroatoms. The van der Waals surface area contributed by atoms with Crippen molar-refractivity contribution in [2.75, 3.05) is 6.54 Å². The molecule has 120 valence electrons. The maximum absolute atomic E-state index is 12.0. The summed E-state index contributed by atoms with van der Waals surface area (Å²) in [5.41, 5.74) is -1.11. The molecule has 1 fully saturated rings. The van der Waals surface area contributed by atoms with Gasteiger partial charge in [0.2, 0.25) is 0 Å². The Hall–Kier alpha value is -1.52. The fourth-order valence-corrected chi connectivity index (χ4v) is 2.94. The number of rotatable bonds is 8. The summed E-state index contributed by atoms with van der Waals surface area (Å²) in [7, 11) is 0. The van der Waals surface area contributed by atoms with Crippen LogP contribution in [0.5, 0.6) is 0 Å². The average molecular weight is 296 g/mol. The summed E-state index contributed by atoms with van der Waals surface area (Å²) in [5.74, 6) is -0.960. The monoisotopic (exact) mass is 296 g/mol. The third-order valence-corrected chi connectivity index (χ3v) is 4.39. The Bertz CT molecular complexity index is 371. The van der Waals surface area contributed by atoms with E-state index in [4.69, 9.17) is 0 Å². The molecule has 0 saturated heterocycles. The minimum Gasteiger partial charge on any atom is -0.479 e. The number of hydrogen-bond acceptors (Lipinski definition) is 2. The smallest absolute Gasteiger partial charge is 0.329 e. The van der Waals surface area contributed by atoms with E-state index in [1.807, 2.05) is 13.0 Å². The first kappa shape index (κ1) is 17.5. The van der Waals surface area contributed by atoms with Crippen LogP contribution in [0.15, 0.2) is 12.7 Å². The lowest BCUT2D eigenvalue weighted by Crippen LogP contribution is -2.61. The zero-order valence-electron chi connectivity index (χ0n) is 13.0. The standard InChI is InChI=1S/C16H28N2O3/c1-3-4-5-6-9-12-17-15(21)18-16(14(19)20)11-8-7-10-13(16)2/h3,13H,1,4-12H2,2H3,(H,19,20)(H2,17,18,21). The van der Waals surface area contributed by atoms with Gasteiger partial charge in [-0.15, -0.1) is 6.58 Å². The van der Waals surface area contributed by atoms with Gasteiger partial charge in [0.25, 0.3) is 0 Å². The Morgan fingerprint density at radius 3 is 2.71 bits per heavy atom. The quantitative estimate of drug-likeness (QED) is 0.476. The molecule has 2 atom stereocenters. The van der Waals surface area contributed by atoms with Gasteiger partial charge in [0.1, 0.15) is 5.54 Å². The zero-order valence-corrected chi connectivity index (χ0v) is 13.0. The zero-order chi connectivity index (χ0) is 15.7. The highest BCUT2D eigenvalue weighted by molar-refractivity contribution is 5.86. The van der Waals surface area contributed by atoms with Crippen molar-refractivity contribution in [3.8, 4) is 0 Å². The molecular formula is C16H28N2O3. The van der Waals surface area contributed by atoms with E-state index in [1.165, 1.54) is 0 Å². The van der Waals surface area contributed by atoms with Gasteiger partial charge in [-0.25, -0.2) is 9.59 Å². The van der Waals surface area contributed by atoms with Gasteiger partial charge in [-0.1, -0.05) is 32.3 Å². The molecule has 0 aromatic carbocycles. The molecule has 1 rings (SSSR count). The Labute approximate surface area is 127 Å². The van der Waals surface area contributed by atoms with E-state index in [0.717, 1.165) is 44.9 Å². The summed E-state index contributed by atoms with van der Waals surface area (Å²) in [6.45, 7) is 6.15. The van der Waals surface area contributed by atoms with Crippen LogP contribution in [-0.2, 0) is 4.79 Å². The Morgan fingerprint density at radius 1 is 1.33 bits per heavy atom. The molecule has 3 N–H and O–H groups in total. The molecule has 21 heavy (non-hydrogen) atoms. The van der Waals surface area contributed by atoms with Crippen LogP contribution < -0.4 is 10.6 Å². The number of carboxylic acids is 1. The minimum atomic E-state index is -1.11. The molecule has 0 bridgehead atoms. The largest absolute Gasteiger partial charge is 0.479 e. The van der Waals surface area contributed by atoms with E-state index in [9.17, 15) is 14.7 Å². The maximum Gasteiger partial charge on any atom is 0.329 e. The van der Waals surface area contributed by atoms with Crippen LogP contribution >= 0.6 is 0 Å². The number of unbranched alkanes of at least 4 members (excludes halogenated alkanes) is 3. The van der Waals surface area contributed by atoms with Crippen molar-refractivity contribution in [2.24, 2.45) is 5.92 Å². The average Bonchev–Trinajstić information content (AvgIpc) is 2.45. The molecule has 2 amide bonds. The van der Waals surface area contributed by atoms with Gasteiger partial charge in [-0.3, -0.25) is 0 Å². The maximum atomic E-state index is 12.0. The Kier molecular flexibility index (Phi) is 7.26. The van der Waals surface area contributed by atoms with Crippen LogP contribution in [0.3, 0.4) is 0 Å². The molecule has 0 spiro atoms. The SMILES string of the molecule is C=CCCCCCNC(=O)NC1(C(=O)O)CCCCC1C. The van der Waals surface area contributed by atoms with Gasteiger partial charge in [0.05, 0.1) is 0 Å². The van der Waals surface area contributed by atoms with E-state index in [2.05, 4.69) is 17.2 Å². The predicted octanol–water partition coefficient (Wildman–Crippen LogP) is 3.07. The number of carbonyl (C=O) groups is 2. The molecule has 0 radical (unpaired) electrons. The van der Waals surface area contributed by atoms with E-state index in [-0.39, 0.29) is 11.9 Å². The third kappa shape index (κ3) is 5.06. The first-order valence-corrected chi connectivity index (χ1v) is 7.93. The topological polar surface area (TPSA) is 78.4 Å². The lowest BCUT2D eigenvalue weighted by molar-refractivity contribution is -0.148. The molecule has 0 heterocycles. The van der Waals surface area contributed by atoms with E-state index < -0.39 is 11.5 Å². The highest BCUT2D eigenvalue weighted by atomic mass is 16.4. The molecule has 2 unspecified atom stereocenters. The summed E-state index contributed by atoms with van der Waals surface area (Å²) in [6, 6.07) is -0.366. The fraction of sp³-hybridized carbons (Fsp3) is 0.750. The first-order valence-electron chi connectivity index (χ1n) is 7.93. The number of nitrogens with one attached hydrogen (secondary N) is 2. The second-order valence-corrected chi connectivity index (χ2v) is 5.94. The summed E-state index contributed by atoms with van der Waals surface area (Å²) in [6.07, 6.45) is 9.12. The van der Waals surface area contributed by atoms with Crippen molar-refractivity contribution in [3.05, 3.63) is 12.7 Å². The van der Waals surface area contributed by atoms with Gasteiger partial charge >= 0.3 is 12.0 Å². The van der Waals surface area contributed by atoms with Gasteiger partial charge in [-0.05, 0) is 38.0 Å². The van der Waals surface area contributed by atoms with Crippen LogP contribution in [0.1, 0.15) is 58.3 Å². The van der Waals surface area contributed by atoms with Crippen molar-refractivity contribution in [2.45, 2.75) is 63.8 Å². The van der Waals surface area contributed by atoms with Gasteiger partial charge < -0.3 is 15.7 Å². The first-order chi connectivity index (χ1) is 10.0. The highest BCUT2D eigenvalue weighted by Crippen LogP contribution is 2.33.